The van der Waals surface area contributed by atoms with E-state index in [9.17, 15) is 4.79 Å². The fourth-order valence-electron chi connectivity index (χ4n) is 2.30. The van der Waals surface area contributed by atoms with Gasteiger partial charge in [-0.15, -0.1) is 0 Å². The zero-order valence-electron chi connectivity index (χ0n) is 14.0. The van der Waals surface area contributed by atoms with E-state index in [2.05, 4.69) is 24.5 Å². The molecule has 0 spiro atoms. The summed E-state index contributed by atoms with van der Waals surface area (Å²) in [6.45, 7) is 5.22. The molecule has 0 saturated heterocycles. The summed E-state index contributed by atoms with van der Waals surface area (Å²) in [5.74, 6) is 1.01. The summed E-state index contributed by atoms with van der Waals surface area (Å²) in [7, 11) is 0. The maximum absolute atomic E-state index is 12.0. The summed E-state index contributed by atoms with van der Waals surface area (Å²) in [6, 6.07) is 15.0. The molecule has 0 aliphatic heterocycles. The number of carbonyl (C=O) groups excluding carboxylic acids is 1. The van der Waals surface area contributed by atoms with Crippen LogP contribution in [0.5, 0.6) is 5.75 Å². The lowest BCUT2D eigenvalue weighted by Crippen LogP contribution is -2.30. The van der Waals surface area contributed by atoms with Crippen molar-refractivity contribution in [2.75, 3.05) is 18.5 Å². The van der Waals surface area contributed by atoms with Crippen LogP contribution >= 0.6 is 11.6 Å². The number of anilines is 1. The van der Waals surface area contributed by atoms with E-state index in [-0.39, 0.29) is 6.03 Å². The summed E-state index contributed by atoms with van der Waals surface area (Å²) in [6.07, 6.45) is 0.699. The highest BCUT2D eigenvalue weighted by molar-refractivity contribution is 6.32. The molecule has 2 N–H and O–H groups in total. The molecule has 0 unspecified atom stereocenters. The van der Waals surface area contributed by atoms with Crippen LogP contribution in [0.25, 0.3) is 0 Å². The molecule has 4 nitrogen and oxygen atoms in total. The first-order chi connectivity index (χ1) is 11.6. The van der Waals surface area contributed by atoms with E-state index < -0.39 is 0 Å². The summed E-state index contributed by atoms with van der Waals surface area (Å²) < 4.78 is 5.58. The van der Waals surface area contributed by atoms with Gasteiger partial charge in [-0.3, -0.25) is 0 Å². The molecule has 0 radical (unpaired) electrons. The molecule has 128 valence electrons. The molecule has 0 saturated carbocycles. The number of para-hydroxylation sites is 2. The van der Waals surface area contributed by atoms with E-state index in [1.807, 2.05) is 42.5 Å². The van der Waals surface area contributed by atoms with Crippen molar-refractivity contribution in [3.8, 4) is 5.75 Å². The Morgan fingerprint density at radius 2 is 1.83 bits per heavy atom. The Bertz CT molecular complexity index is 674. The Morgan fingerprint density at radius 3 is 2.58 bits per heavy atom. The first-order valence-electron chi connectivity index (χ1n) is 8.09. The van der Waals surface area contributed by atoms with Gasteiger partial charge in [0.2, 0.25) is 0 Å². The van der Waals surface area contributed by atoms with Crippen molar-refractivity contribution in [1.82, 2.24) is 5.32 Å². The molecule has 2 aromatic rings. The number of urea groups is 1. The second-order valence-electron chi connectivity index (χ2n) is 5.76. The van der Waals surface area contributed by atoms with Crippen LogP contribution in [0.15, 0.2) is 48.5 Å². The molecule has 0 atom stereocenters. The zero-order chi connectivity index (χ0) is 17.4. The number of amides is 2. The lowest BCUT2D eigenvalue weighted by Gasteiger charge is -2.14. The van der Waals surface area contributed by atoms with Crippen molar-refractivity contribution in [1.29, 1.82) is 0 Å². The van der Waals surface area contributed by atoms with Gasteiger partial charge in [0, 0.05) is 12.2 Å². The quantitative estimate of drug-likeness (QED) is 0.689. The highest BCUT2D eigenvalue weighted by Gasteiger charge is 2.08. The maximum Gasteiger partial charge on any atom is 0.319 e. The van der Waals surface area contributed by atoms with Crippen LogP contribution in [0, 0.1) is 0 Å². The molecule has 0 aliphatic rings. The minimum absolute atomic E-state index is 0.208. The van der Waals surface area contributed by atoms with E-state index in [0.717, 1.165) is 11.3 Å². The van der Waals surface area contributed by atoms with Gasteiger partial charge in [0.25, 0.3) is 0 Å². The molecule has 0 aliphatic carbocycles. The molecular weight excluding hydrogens is 324 g/mol. The molecule has 0 bridgehead atoms. The highest BCUT2D eigenvalue weighted by atomic mass is 35.5. The Balaban J connectivity index is 1.71. The second-order valence-corrected chi connectivity index (χ2v) is 6.16. The SMILES string of the molecule is CC(C)c1ccccc1NC(=O)NCCCOc1ccccc1Cl. The number of hydrogen-bond donors (Lipinski definition) is 2. The van der Waals surface area contributed by atoms with E-state index in [1.54, 1.807) is 6.07 Å². The third-order valence-corrected chi connectivity index (χ3v) is 3.84. The lowest BCUT2D eigenvalue weighted by atomic mass is 10.0. The summed E-state index contributed by atoms with van der Waals surface area (Å²) in [5.41, 5.74) is 1.96. The van der Waals surface area contributed by atoms with Crippen LogP contribution in [-0.2, 0) is 0 Å². The molecule has 0 heterocycles. The molecule has 2 rings (SSSR count). The number of carbonyl (C=O) groups is 1. The maximum atomic E-state index is 12.0. The van der Waals surface area contributed by atoms with Gasteiger partial charge in [0.05, 0.1) is 11.6 Å². The van der Waals surface area contributed by atoms with Crippen LogP contribution in [0.3, 0.4) is 0 Å². The first-order valence-corrected chi connectivity index (χ1v) is 8.47. The van der Waals surface area contributed by atoms with Gasteiger partial charge in [-0.2, -0.15) is 0 Å². The second kappa shape index (κ2) is 9.18. The number of benzene rings is 2. The minimum atomic E-state index is -0.208. The van der Waals surface area contributed by atoms with Crippen LogP contribution in [0.4, 0.5) is 10.5 Å². The van der Waals surface area contributed by atoms with E-state index in [4.69, 9.17) is 16.3 Å². The van der Waals surface area contributed by atoms with Crippen molar-refractivity contribution in [2.45, 2.75) is 26.2 Å². The van der Waals surface area contributed by atoms with E-state index >= 15 is 0 Å². The zero-order valence-corrected chi connectivity index (χ0v) is 14.8. The number of halogens is 1. The third kappa shape index (κ3) is 5.46. The van der Waals surface area contributed by atoms with Crippen molar-refractivity contribution in [3.05, 3.63) is 59.1 Å². The highest BCUT2D eigenvalue weighted by Crippen LogP contribution is 2.24. The van der Waals surface area contributed by atoms with Crippen LogP contribution < -0.4 is 15.4 Å². The van der Waals surface area contributed by atoms with Gasteiger partial charge >= 0.3 is 6.03 Å². The lowest BCUT2D eigenvalue weighted by molar-refractivity contribution is 0.250. The molecule has 2 aromatic carbocycles. The van der Waals surface area contributed by atoms with Crippen molar-refractivity contribution < 1.29 is 9.53 Å². The number of ether oxygens (including phenoxy) is 1. The Labute approximate surface area is 148 Å². The van der Waals surface area contributed by atoms with Crippen LogP contribution in [0.1, 0.15) is 31.7 Å². The van der Waals surface area contributed by atoms with Crippen molar-refractivity contribution in [2.24, 2.45) is 0 Å². The Morgan fingerprint density at radius 1 is 1.12 bits per heavy atom. The van der Waals surface area contributed by atoms with Gasteiger partial charge in [0.15, 0.2) is 0 Å². The van der Waals surface area contributed by atoms with Gasteiger partial charge in [0.1, 0.15) is 5.75 Å². The van der Waals surface area contributed by atoms with Crippen molar-refractivity contribution >= 4 is 23.3 Å². The number of hydrogen-bond acceptors (Lipinski definition) is 2. The van der Waals surface area contributed by atoms with E-state index in [0.29, 0.717) is 36.3 Å². The summed E-state index contributed by atoms with van der Waals surface area (Å²) >= 11 is 6.01. The Hall–Kier alpha value is -2.20. The number of rotatable bonds is 7. The largest absolute Gasteiger partial charge is 0.492 e. The average molecular weight is 347 g/mol. The predicted molar refractivity (Wildman–Crippen MR) is 99.1 cm³/mol. The topological polar surface area (TPSA) is 50.4 Å². The molecular formula is C19H23ClN2O2. The molecule has 5 heteroatoms. The monoisotopic (exact) mass is 346 g/mol. The van der Waals surface area contributed by atoms with Crippen LogP contribution in [-0.4, -0.2) is 19.2 Å². The van der Waals surface area contributed by atoms with Gasteiger partial charge in [-0.05, 0) is 36.1 Å². The minimum Gasteiger partial charge on any atom is -0.492 e. The summed E-state index contributed by atoms with van der Waals surface area (Å²) in [5, 5.41) is 6.32. The standard InChI is InChI=1S/C19H23ClN2O2/c1-14(2)15-8-3-5-10-17(15)22-19(23)21-12-7-13-24-18-11-6-4-9-16(18)20/h3-6,8-11,14H,7,12-13H2,1-2H3,(H2,21,22,23). The van der Waals surface area contributed by atoms with Crippen LogP contribution in [0.2, 0.25) is 5.02 Å². The third-order valence-electron chi connectivity index (χ3n) is 3.53. The molecule has 2 amide bonds. The van der Waals surface area contributed by atoms with Gasteiger partial charge in [-0.25, -0.2) is 4.79 Å². The van der Waals surface area contributed by atoms with E-state index in [1.165, 1.54) is 0 Å². The Kier molecular flexibility index (Phi) is 6.94. The van der Waals surface area contributed by atoms with Crippen molar-refractivity contribution in [3.63, 3.8) is 0 Å². The normalized spacial score (nSPS) is 10.5. The molecule has 24 heavy (non-hydrogen) atoms. The average Bonchev–Trinajstić information content (AvgIpc) is 2.56. The first kappa shape index (κ1) is 18.1. The molecule has 0 fully saturated rings. The fraction of sp³-hybridized carbons (Fsp3) is 0.316. The van der Waals surface area contributed by atoms with Gasteiger partial charge in [-0.1, -0.05) is 55.8 Å². The summed E-state index contributed by atoms with van der Waals surface area (Å²) in [4.78, 5) is 12.0. The fourth-order valence-corrected chi connectivity index (χ4v) is 2.49. The molecule has 0 aromatic heterocycles. The number of nitrogens with one attached hydrogen (secondary N) is 2. The van der Waals surface area contributed by atoms with Gasteiger partial charge < -0.3 is 15.4 Å². The predicted octanol–water partition coefficient (Wildman–Crippen LogP) is 5.05. The smallest absolute Gasteiger partial charge is 0.319 e.